The second kappa shape index (κ2) is 5.87. The molecule has 0 fully saturated rings. The molecule has 0 aliphatic carbocycles. The first-order valence-electron chi connectivity index (χ1n) is 3.91. The van der Waals surface area contributed by atoms with Gasteiger partial charge in [-0.2, -0.15) is 0 Å². The van der Waals surface area contributed by atoms with Crippen LogP contribution in [0.1, 0.15) is 12.8 Å². The van der Waals surface area contributed by atoms with Crippen molar-refractivity contribution in [1.82, 2.24) is 0 Å². The summed E-state index contributed by atoms with van der Waals surface area (Å²) in [6.07, 6.45) is -2.80. The van der Waals surface area contributed by atoms with Gasteiger partial charge in [0.15, 0.2) is 0 Å². The number of aliphatic carboxylic acids is 1. The third-order valence-corrected chi connectivity index (χ3v) is 1.63. The van der Waals surface area contributed by atoms with Crippen molar-refractivity contribution in [1.29, 1.82) is 0 Å². The molecule has 6 nitrogen and oxygen atoms in total. The molecule has 0 bridgehead atoms. The zero-order valence-electron chi connectivity index (χ0n) is 7.13. The van der Waals surface area contributed by atoms with Crippen molar-refractivity contribution in [3.8, 4) is 0 Å². The fourth-order valence-corrected chi connectivity index (χ4v) is 0.860. The Morgan fingerprint density at radius 1 is 1.38 bits per heavy atom. The van der Waals surface area contributed by atoms with Crippen molar-refractivity contribution in [3.63, 3.8) is 0 Å². The van der Waals surface area contributed by atoms with Crippen LogP contribution >= 0.6 is 0 Å². The van der Waals surface area contributed by atoms with Gasteiger partial charge in [0.25, 0.3) is 0 Å². The van der Waals surface area contributed by atoms with E-state index < -0.39 is 37.2 Å². The van der Waals surface area contributed by atoms with Crippen LogP contribution in [0.3, 0.4) is 0 Å². The van der Waals surface area contributed by atoms with Crippen molar-refractivity contribution in [2.45, 2.75) is 31.1 Å². The molecule has 0 aromatic carbocycles. The minimum Gasteiger partial charge on any atom is -0.481 e. The third kappa shape index (κ3) is 5.53. The van der Waals surface area contributed by atoms with Crippen molar-refractivity contribution in [2.75, 3.05) is 6.61 Å². The summed E-state index contributed by atoms with van der Waals surface area (Å²) in [5, 5.41) is 35.0. The van der Waals surface area contributed by atoms with E-state index in [2.05, 4.69) is 0 Å². The highest BCUT2D eigenvalue weighted by Gasteiger charge is 2.19. The van der Waals surface area contributed by atoms with Gasteiger partial charge < -0.3 is 26.2 Å². The Balaban J connectivity index is 3.76. The number of nitrogens with two attached hydrogens (primary N) is 1. The van der Waals surface area contributed by atoms with Gasteiger partial charge in [0.2, 0.25) is 0 Å². The zero-order valence-corrected chi connectivity index (χ0v) is 7.13. The van der Waals surface area contributed by atoms with Gasteiger partial charge in [0.05, 0.1) is 31.3 Å². The number of hydrogen-bond donors (Lipinski definition) is 5. The maximum atomic E-state index is 10.1. The Labute approximate surface area is 75.6 Å². The van der Waals surface area contributed by atoms with E-state index >= 15 is 0 Å². The Bertz CT molecular complexity index is 163. The van der Waals surface area contributed by atoms with E-state index in [1.165, 1.54) is 0 Å². The summed E-state index contributed by atoms with van der Waals surface area (Å²) in [6.45, 7) is -0.402. The summed E-state index contributed by atoms with van der Waals surface area (Å²) >= 11 is 0. The molecule has 3 unspecified atom stereocenters. The molecule has 0 aromatic rings. The van der Waals surface area contributed by atoms with Crippen molar-refractivity contribution >= 4 is 5.97 Å². The lowest BCUT2D eigenvalue weighted by molar-refractivity contribution is -0.139. The van der Waals surface area contributed by atoms with Crippen LogP contribution in [0.2, 0.25) is 0 Å². The van der Waals surface area contributed by atoms with Crippen LogP contribution in [-0.2, 0) is 4.79 Å². The lowest BCUT2D eigenvalue weighted by atomic mass is 10.0. The largest absolute Gasteiger partial charge is 0.481 e. The lowest BCUT2D eigenvalue weighted by Crippen LogP contribution is -2.40. The molecule has 0 heterocycles. The van der Waals surface area contributed by atoms with Crippen LogP contribution in [0.5, 0.6) is 0 Å². The average molecular weight is 193 g/mol. The number of carboxylic acid groups (broad SMARTS) is 1. The molecule has 0 aromatic heterocycles. The van der Waals surface area contributed by atoms with E-state index in [0.29, 0.717) is 0 Å². The maximum Gasteiger partial charge on any atom is 0.305 e. The molecule has 78 valence electrons. The number of carboxylic acids is 1. The van der Waals surface area contributed by atoms with Gasteiger partial charge in [-0.1, -0.05) is 0 Å². The van der Waals surface area contributed by atoms with Gasteiger partial charge in [0, 0.05) is 6.42 Å². The first-order chi connectivity index (χ1) is 5.97. The van der Waals surface area contributed by atoms with E-state index in [1.807, 2.05) is 0 Å². The zero-order chi connectivity index (χ0) is 10.4. The highest BCUT2D eigenvalue weighted by molar-refractivity contribution is 5.67. The summed E-state index contributed by atoms with van der Waals surface area (Å²) in [4.78, 5) is 10.1. The molecular formula is C7H15NO5. The Morgan fingerprint density at radius 3 is 2.31 bits per heavy atom. The summed E-state index contributed by atoms with van der Waals surface area (Å²) in [7, 11) is 0. The summed E-state index contributed by atoms with van der Waals surface area (Å²) in [5.74, 6) is -1.14. The highest BCUT2D eigenvalue weighted by Crippen LogP contribution is 2.04. The molecular weight excluding hydrogens is 178 g/mol. The molecule has 6 N–H and O–H groups in total. The van der Waals surface area contributed by atoms with Crippen LogP contribution in [-0.4, -0.2) is 51.3 Å². The quantitative estimate of drug-likeness (QED) is 0.329. The van der Waals surface area contributed by atoms with Gasteiger partial charge in [-0.25, -0.2) is 0 Å². The smallest absolute Gasteiger partial charge is 0.305 e. The molecule has 0 amide bonds. The highest BCUT2D eigenvalue weighted by atomic mass is 16.4. The summed E-state index contributed by atoms with van der Waals surface area (Å²) in [5.41, 5.74) is 5.24. The van der Waals surface area contributed by atoms with Gasteiger partial charge in [-0.15, -0.1) is 0 Å². The van der Waals surface area contributed by atoms with Crippen LogP contribution in [0.15, 0.2) is 0 Å². The first kappa shape index (κ1) is 12.3. The number of aliphatic hydroxyl groups excluding tert-OH is 3. The Kier molecular flexibility index (Phi) is 5.56. The lowest BCUT2D eigenvalue weighted by Gasteiger charge is -2.18. The van der Waals surface area contributed by atoms with Crippen LogP contribution in [0.25, 0.3) is 0 Å². The van der Waals surface area contributed by atoms with Crippen LogP contribution in [0, 0.1) is 0 Å². The molecule has 0 saturated heterocycles. The second-order valence-electron chi connectivity index (χ2n) is 2.90. The Morgan fingerprint density at radius 2 is 1.92 bits per heavy atom. The number of rotatable bonds is 6. The number of aliphatic hydroxyl groups is 3. The SMILES string of the molecule is NC(CO)C(O)CC(O)CC(=O)O. The molecule has 0 saturated carbocycles. The van der Waals surface area contributed by atoms with Crippen LogP contribution < -0.4 is 5.73 Å². The van der Waals surface area contributed by atoms with Crippen molar-refractivity contribution in [2.24, 2.45) is 5.73 Å². The first-order valence-corrected chi connectivity index (χ1v) is 3.91. The topological polar surface area (TPSA) is 124 Å². The molecule has 0 aliphatic heterocycles. The standard InChI is InChI=1S/C7H15NO5/c8-5(3-9)6(11)1-4(10)2-7(12)13/h4-6,9-11H,1-3,8H2,(H,12,13). The molecule has 0 aliphatic rings. The van der Waals surface area contributed by atoms with E-state index in [4.69, 9.17) is 26.2 Å². The number of hydrogen-bond acceptors (Lipinski definition) is 5. The molecule has 0 radical (unpaired) electrons. The van der Waals surface area contributed by atoms with E-state index in [-0.39, 0.29) is 6.42 Å². The van der Waals surface area contributed by atoms with Gasteiger partial charge in [-0.3, -0.25) is 4.79 Å². The molecule has 0 spiro atoms. The fraction of sp³-hybridized carbons (Fsp3) is 0.857. The minimum atomic E-state index is -1.14. The predicted molar refractivity (Wildman–Crippen MR) is 43.9 cm³/mol. The van der Waals surface area contributed by atoms with E-state index in [1.54, 1.807) is 0 Å². The Hall–Kier alpha value is -0.690. The average Bonchev–Trinajstić information content (AvgIpc) is 2.01. The van der Waals surface area contributed by atoms with Gasteiger partial charge in [0.1, 0.15) is 0 Å². The van der Waals surface area contributed by atoms with Crippen molar-refractivity contribution < 1.29 is 25.2 Å². The van der Waals surface area contributed by atoms with Gasteiger partial charge in [-0.05, 0) is 0 Å². The third-order valence-electron chi connectivity index (χ3n) is 1.63. The van der Waals surface area contributed by atoms with Crippen LogP contribution in [0.4, 0.5) is 0 Å². The number of carbonyl (C=O) groups is 1. The second-order valence-corrected chi connectivity index (χ2v) is 2.90. The normalized spacial score (nSPS) is 17.8. The molecule has 6 heteroatoms. The maximum absolute atomic E-state index is 10.1. The summed E-state index contributed by atoms with van der Waals surface area (Å²) < 4.78 is 0. The van der Waals surface area contributed by atoms with E-state index in [0.717, 1.165) is 0 Å². The minimum absolute atomic E-state index is 0.145. The molecule has 3 atom stereocenters. The van der Waals surface area contributed by atoms with Gasteiger partial charge >= 0.3 is 5.97 Å². The molecule has 0 rings (SSSR count). The summed E-state index contributed by atoms with van der Waals surface area (Å²) in [6, 6.07) is -0.844. The molecule has 13 heavy (non-hydrogen) atoms. The fourth-order valence-electron chi connectivity index (χ4n) is 0.860. The van der Waals surface area contributed by atoms with Crippen molar-refractivity contribution in [3.05, 3.63) is 0 Å². The van der Waals surface area contributed by atoms with E-state index in [9.17, 15) is 4.79 Å². The predicted octanol–water partition coefficient (Wildman–Crippen LogP) is -2.11. The monoisotopic (exact) mass is 193 g/mol.